The lowest BCUT2D eigenvalue weighted by molar-refractivity contribution is -0.137. The van der Waals surface area contributed by atoms with Crippen LogP contribution in [0.5, 0.6) is 0 Å². The van der Waals surface area contributed by atoms with Crippen LogP contribution >= 0.6 is 0 Å². The maximum Gasteiger partial charge on any atom is 0.416 e. The summed E-state index contributed by atoms with van der Waals surface area (Å²) < 4.78 is 38.2. The van der Waals surface area contributed by atoms with Gasteiger partial charge in [0.1, 0.15) is 0 Å². The number of halogens is 3. The van der Waals surface area contributed by atoms with Gasteiger partial charge in [-0.15, -0.1) is 0 Å². The molecule has 1 aromatic rings. The summed E-state index contributed by atoms with van der Waals surface area (Å²) in [7, 11) is 0. The molecule has 5 heteroatoms. The molecule has 0 atom stereocenters. The lowest BCUT2D eigenvalue weighted by Crippen LogP contribution is -2.42. The summed E-state index contributed by atoms with van der Waals surface area (Å²) in [6.07, 6.45) is 3.05. The highest BCUT2D eigenvalue weighted by Gasteiger charge is 2.30. The average molecular weight is 342 g/mol. The number of alkyl halides is 3. The summed E-state index contributed by atoms with van der Waals surface area (Å²) >= 11 is 0. The van der Waals surface area contributed by atoms with E-state index in [0.29, 0.717) is 18.2 Å². The second-order valence-electron chi connectivity index (χ2n) is 6.76. The third-order valence-corrected chi connectivity index (χ3v) is 4.76. The standard InChI is InChI=1S/C19H29F3N2/c1-2-3-4-5-11-24-12-9-18(10-13-24)23-15-16-7-6-8-17(14-16)19(20,21)22/h6-8,14,18,23H,2-5,9-13,15H2,1H3. The molecule has 0 spiro atoms. The smallest absolute Gasteiger partial charge is 0.310 e. The van der Waals surface area contributed by atoms with Crippen molar-refractivity contribution in [3.8, 4) is 0 Å². The summed E-state index contributed by atoms with van der Waals surface area (Å²) in [6.45, 7) is 6.09. The summed E-state index contributed by atoms with van der Waals surface area (Å²) in [5, 5.41) is 3.42. The fourth-order valence-corrected chi connectivity index (χ4v) is 3.24. The van der Waals surface area contributed by atoms with Crippen molar-refractivity contribution in [2.45, 2.75) is 64.2 Å². The Balaban J connectivity index is 1.69. The van der Waals surface area contributed by atoms with Gasteiger partial charge in [-0.05, 0) is 50.5 Å². The fraction of sp³-hybridized carbons (Fsp3) is 0.684. The quantitative estimate of drug-likeness (QED) is 0.680. The first-order valence-corrected chi connectivity index (χ1v) is 9.11. The molecule has 2 rings (SSSR count). The summed E-state index contributed by atoms with van der Waals surface area (Å²) in [4.78, 5) is 2.51. The Morgan fingerprint density at radius 3 is 2.54 bits per heavy atom. The first-order chi connectivity index (χ1) is 11.5. The number of benzene rings is 1. The van der Waals surface area contributed by atoms with E-state index in [0.717, 1.165) is 32.0 Å². The molecule has 2 nitrogen and oxygen atoms in total. The van der Waals surface area contributed by atoms with Crippen molar-refractivity contribution < 1.29 is 13.2 Å². The highest BCUT2D eigenvalue weighted by Crippen LogP contribution is 2.29. The van der Waals surface area contributed by atoms with Gasteiger partial charge >= 0.3 is 6.18 Å². The number of hydrogen-bond acceptors (Lipinski definition) is 2. The second-order valence-corrected chi connectivity index (χ2v) is 6.76. The normalized spacial score (nSPS) is 17.3. The Hall–Kier alpha value is -1.07. The van der Waals surface area contributed by atoms with Gasteiger partial charge in [-0.3, -0.25) is 0 Å². The zero-order valence-corrected chi connectivity index (χ0v) is 14.5. The first-order valence-electron chi connectivity index (χ1n) is 9.11. The van der Waals surface area contributed by atoms with Gasteiger partial charge in [-0.2, -0.15) is 13.2 Å². The van der Waals surface area contributed by atoms with E-state index in [1.54, 1.807) is 6.07 Å². The second kappa shape index (κ2) is 9.42. The van der Waals surface area contributed by atoms with Crippen LogP contribution in [0.15, 0.2) is 24.3 Å². The van der Waals surface area contributed by atoms with Crippen molar-refractivity contribution in [1.82, 2.24) is 10.2 Å². The Labute approximate surface area is 143 Å². The monoisotopic (exact) mass is 342 g/mol. The van der Waals surface area contributed by atoms with Crippen LogP contribution in [0.4, 0.5) is 13.2 Å². The predicted molar refractivity (Wildman–Crippen MR) is 91.9 cm³/mol. The number of hydrogen-bond donors (Lipinski definition) is 1. The summed E-state index contributed by atoms with van der Waals surface area (Å²) in [6, 6.07) is 6.02. The van der Waals surface area contributed by atoms with E-state index in [1.807, 2.05) is 0 Å². The lowest BCUT2D eigenvalue weighted by atomic mass is 10.0. The average Bonchev–Trinajstić information content (AvgIpc) is 2.57. The van der Waals surface area contributed by atoms with Crippen LogP contribution in [0.2, 0.25) is 0 Å². The molecule has 1 aromatic carbocycles. The van der Waals surface area contributed by atoms with E-state index in [4.69, 9.17) is 0 Å². The zero-order valence-electron chi connectivity index (χ0n) is 14.5. The molecule has 1 aliphatic heterocycles. The van der Waals surface area contributed by atoms with Gasteiger partial charge in [-0.25, -0.2) is 0 Å². The Bertz CT molecular complexity index is 480. The molecule has 1 aliphatic rings. The van der Waals surface area contributed by atoms with Crippen molar-refractivity contribution in [3.05, 3.63) is 35.4 Å². The Morgan fingerprint density at radius 2 is 1.88 bits per heavy atom. The van der Waals surface area contributed by atoms with Crippen LogP contribution in [0.25, 0.3) is 0 Å². The van der Waals surface area contributed by atoms with Gasteiger partial charge in [0.2, 0.25) is 0 Å². The minimum absolute atomic E-state index is 0.409. The molecule has 0 unspecified atom stereocenters. The largest absolute Gasteiger partial charge is 0.416 e. The molecule has 1 N–H and O–H groups in total. The van der Waals surface area contributed by atoms with E-state index in [1.165, 1.54) is 44.4 Å². The van der Waals surface area contributed by atoms with Crippen molar-refractivity contribution in [2.24, 2.45) is 0 Å². The van der Waals surface area contributed by atoms with Crippen molar-refractivity contribution in [3.63, 3.8) is 0 Å². The molecule has 1 fully saturated rings. The number of rotatable bonds is 8. The maximum absolute atomic E-state index is 12.7. The topological polar surface area (TPSA) is 15.3 Å². The SMILES string of the molecule is CCCCCCN1CCC(NCc2cccc(C(F)(F)F)c2)CC1. The van der Waals surface area contributed by atoms with Gasteiger partial charge in [-0.1, -0.05) is 44.4 Å². The van der Waals surface area contributed by atoms with Crippen LogP contribution in [-0.4, -0.2) is 30.6 Å². The third-order valence-electron chi connectivity index (χ3n) is 4.76. The number of piperidine rings is 1. The van der Waals surface area contributed by atoms with E-state index < -0.39 is 11.7 Å². The van der Waals surface area contributed by atoms with E-state index in [9.17, 15) is 13.2 Å². The molecule has 136 valence electrons. The van der Waals surface area contributed by atoms with Crippen molar-refractivity contribution >= 4 is 0 Å². The molecule has 0 radical (unpaired) electrons. The number of nitrogens with one attached hydrogen (secondary N) is 1. The summed E-state index contributed by atoms with van der Waals surface area (Å²) in [5.41, 5.74) is 0.135. The van der Waals surface area contributed by atoms with E-state index >= 15 is 0 Å². The Morgan fingerprint density at radius 1 is 1.12 bits per heavy atom. The minimum Gasteiger partial charge on any atom is -0.310 e. The van der Waals surface area contributed by atoms with Gasteiger partial charge in [0.05, 0.1) is 5.56 Å². The highest BCUT2D eigenvalue weighted by molar-refractivity contribution is 5.25. The molecular weight excluding hydrogens is 313 g/mol. The van der Waals surface area contributed by atoms with Crippen LogP contribution in [-0.2, 0) is 12.7 Å². The molecule has 0 amide bonds. The van der Waals surface area contributed by atoms with Crippen LogP contribution in [0, 0.1) is 0 Å². The zero-order chi connectivity index (χ0) is 17.4. The van der Waals surface area contributed by atoms with Gasteiger partial charge in [0.15, 0.2) is 0 Å². The first kappa shape index (κ1) is 19.3. The van der Waals surface area contributed by atoms with Gasteiger partial charge < -0.3 is 10.2 Å². The van der Waals surface area contributed by atoms with Crippen LogP contribution < -0.4 is 5.32 Å². The molecule has 0 saturated carbocycles. The number of likely N-dealkylation sites (tertiary alicyclic amines) is 1. The fourth-order valence-electron chi connectivity index (χ4n) is 3.24. The maximum atomic E-state index is 12.7. The van der Waals surface area contributed by atoms with E-state index in [2.05, 4.69) is 17.1 Å². The highest BCUT2D eigenvalue weighted by atomic mass is 19.4. The van der Waals surface area contributed by atoms with Gasteiger partial charge in [0.25, 0.3) is 0 Å². The molecule has 24 heavy (non-hydrogen) atoms. The Kier molecular flexibility index (Phi) is 7.56. The number of nitrogens with zero attached hydrogens (tertiary/aromatic N) is 1. The molecule has 1 saturated heterocycles. The predicted octanol–water partition coefficient (Wildman–Crippen LogP) is 4.84. The minimum atomic E-state index is -4.26. The molecule has 0 aliphatic carbocycles. The number of unbranched alkanes of at least 4 members (excludes halogenated alkanes) is 3. The van der Waals surface area contributed by atoms with Crippen molar-refractivity contribution in [2.75, 3.05) is 19.6 Å². The third kappa shape index (κ3) is 6.44. The molecule has 0 aromatic heterocycles. The van der Waals surface area contributed by atoms with E-state index in [-0.39, 0.29) is 0 Å². The van der Waals surface area contributed by atoms with Crippen LogP contribution in [0.3, 0.4) is 0 Å². The van der Waals surface area contributed by atoms with Crippen molar-refractivity contribution in [1.29, 1.82) is 0 Å². The van der Waals surface area contributed by atoms with Crippen LogP contribution in [0.1, 0.15) is 56.6 Å². The molecular formula is C19H29F3N2. The molecule has 1 heterocycles. The lowest BCUT2D eigenvalue weighted by Gasteiger charge is -2.32. The molecule has 0 bridgehead atoms. The summed E-state index contributed by atoms with van der Waals surface area (Å²) in [5.74, 6) is 0. The van der Waals surface area contributed by atoms with Gasteiger partial charge in [0, 0.05) is 12.6 Å².